The number of benzene rings is 2. The molecule has 1 aliphatic rings. The summed E-state index contributed by atoms with van der Waals surface area (Å²) in [6.07, 6.45) is 1.58. The average Bonchev–Trinajstić information content (AvgIpc) is 2.72. The number of ketones is 1. The molecule has 84 valence electrons. The van der Waals surface area contributed by atoms with Crippen molar-refractivity contribution in [3.05, 3.63) is 59.7 Å². The van der Waals surface area contributed by atoms with Gasteiger partial charge in [-0.25, -0.2) is 0 Å². The lowest BCUT2D eigenvalue weighted by atomic mass is 10.1. The summed E-state index contributed by atoms with van der Waals surface area (Å²) in [6.45, 7) is 0. The third kappa shape index (κ3) is 2.13. The molecule has 0 saturated carbocycles. The van der Waals surface area contributed by atoms with Crippen molar-refractivity contribution in [1.82, 2.24) is 0 Å². The van der Waals surface area contributed by atoms with Crippen LogP contribution in [0, 0.1) is 0 Å². The number of carbonyl (C=O) groups excluding carboxylic acids is 1. The van der Waals surface area contributed by atoms with Crippen LogP contribution in [0.3, 0.4) is 0 Å². The van der Waals surface area contributed by atoms with Crippen LogP contribution in [0.25, 0.3) is 0 Å². The summed E-state index contributed by atoms with van der Waals surface area (Å²) in [5, 5.41) is 0. The van der Waals surface area contributed by atoms with Gasteiger partial charge in [-0.1, -0.05) is 36.0 Å². The number of carbonyl (C=O) groups is 1. The Bertz CT molecular complexity index is 560. The smallest absolute Gasteiger partial charge is 0.163 e. The first-order valence-electron chi connectivity index (χ1n) is 5.72. The average molecular weight is 240 g/mol. The predicted octanol–water partition coefficient (Wildman–Crippen LogP) is 3.97. The Labute approximate surface area is 105 Å². The molecule has 2 aromatic carbocycles. The Hall–Kier alpha value is -1.54. The third-order valence-electron chi connectivity index (χ3n) is 2.98. The van der Waals surface area contributed by atoms with Crippen LogP contribution in [0.1, 0.15) is 22.3 Å². The van der Waals surface area contributed by atoms with E-state index in [4.69, 9.17) is 0 Å². The first kappa shape index (κ1) is 10.6. The van der Waals surface area contributed by atoms with Gasteiger partial charge in [-0.05, 0) is 36.2 Å². The van der Waals surface area contributed by atoms with Gasteiger partial charge in [0.1, 0.15) is 0 Å². The molecule has 0 saturated heterocycles. The molecule has 0 N–H and O–H groups in total. The Balaban J connectivity index is 1.88. The second-order valence-electron chi connectivity index (χ2n) is 4.16. The maximum atomic E-state index is 11.5. The maximum Gasteiger partial charge on any atom is 0.163 e. The van der Waals surface area contributed by atoms with Gasteiger partial charge >= 0.3 is 0 Å². The van der Waals surface area contributed by atoms with Gasteiger partial charge in [-0.3, -0.25) is 4.79 Å². The molecule has 0 bridgehead atoms. The van der Waals surface area contributed by atoms with Crippen LogP contribution in [0.2, 0.25) is 0 Å². The molecule has 1 aliphatic carbocycles. The van der Waals surface area contributed by atoms with E-state index >= 15 is 0 Å². The summed E-state index contributed by atoms with van der Waals surface area (Å²) in [5.41, 5.74) is 2.12. The van der Waals surface area contributed by atoms with E-state index < -0.39 is 0 Å². The van der Waals surface area contributed by atoms with Crippen molar-refractivity contribution in [2.45, 2.75) is 22.6 Å². The van der Waals surface area contributed by atoms with E-state index in [-0.39, 0.29) is 5.78 Å². The minimum absolute atomic E-state index is 0.288. The zero-order valence-corrected chi connectivity index (χ0v) is 10.2. The monoisotopic (exact) mass is 240 g/mol. The Morgan fingerprint density at radius 1 is 0.882 bits per heavy atom. The van der Waals surface area contributed by atoms with Crippen molar-refractivity contribution >= 4 is 17.5 Å². The van der Waals surface area contributed by atoms with E-state index in [1.54, 1.807) is 11.8 Å². The summed E-state index contributed by atoms with van der Waals surface area (Å²) < 4.78 is 0. The molecule has 17 heavy (non-hydrogen) atoms. The topological polar surface area (TPSA) is 17.1 Å². The number of Topliss-reactive ketones (excluding diaryl/α,β-unsaturated/α-hetero) is 1. The van der Waals surface area contributed by atoms with E-state index in [0.717, 1.165) is 12.0 Å². The summed E-state index contributed by atoms with van der Waals surface area (Å²) in [4.78, 5) is 14.0. The summed E-state index contributed by atoms with van der Waals surface area (Å²) in [5.74, 6) is 0.288. The Morgan fingerprint density at radius 2 is 1.71 bits per heavy atom. The van der Waals surface area contributed by atoms with Crippen molar-refractivity contribution in [2.75, 3.05) is 0 Å². The van der Waals surface area contributed by atoms with Crippen LogP contribution in [0.5, 0.6) is 0 Å². The molecule has 0 unspecified atom stereocenters. The fraction of sp³-hybridized carbons (Fsp3) is 0.133. The van der Waals surface area contributed by atoms with Gasteiger partial charge in [0.2, 0.25) is 0 Å². The first-order chi connectivity index (χ1) is 8.33. The van der Waals surface area contributed by atoms with Crippen molar-refractivity contribution in [3.8, 4) is 0 Å². The van der Waals surface area contributed by atoms with Gasteiger partial charge < -0.3 is 0 Å². The normalized spacial score (nSPS) is 13.8. The SMILES string of the molecule is O=C1CCc2cc(Sc3ccccc3)ccc21. The lowest BCUT2D eigenvalue weighted by Gasteiger charge is -2.04. The second-order valence-corrected chi connectivity index (χ2v) is 5.30. The maximum absolute atomic E-state index is 11.5. The molecule has 0 atom stereocenters. The van der Waals surface area contributed by atoms with E-state index in [1.807, 2.05) is 30.3 Å². The van der Waals surface area contributed by atoms with Crippen LogP contribution in [0.15, 0.2) is 58.3 Å². The molecular weight excluding hydrogens is 228 g/mol. The van der Waals surface area contributed by atoms with E-state index in [9.17, 15) is 4.79 Å². The van der Waals surface area contributed by atoms with Crippen molar-refractivity contribution in [3.63, 3.8) is 0 Å². The summed E-state index contributed by atoms with van der Waals surface area (Å²) in [7, 11) is 0. The quantitative estimate of drug-likeness (QED) is 0.790. The molecule has 2 heteroatoms. The highest BCUT2D eigenvalue weighted by molar-refractivity contribution is 7.99. The number of aryl methyl sites for hydroxylation is 1. The van der Waals surface area contributed by atoms with Crippen LogP contribution < -0.4 is 0 Å². The molecule has 2 aromatic rings. The third-order valence-corrected chi connectivity index (χ3v) is 3.97. The number of hydrogen-bond acceptors (Lipinski definition) is 2. The van der Waals surface area contributed by atoms with Gasteiger partial charge in [-0.15, -0.1) is 0 Å². The molecule has 0 aromatic heterocycles. The number of hydrogen-bond donors (Lipinski definition) is 0. The standard InChI is InChI=1S/C15H12OS/c16-15-9-6-11-10-13(7-8-14(11)15)17-12-4-2-1-3-5-12/h1-5,7-8,10H,6,9H2. The lowest BCUT2D eigenvalue weighted by Crippen LogP contribution is -1.90. The molecule has 1 nitrogen and oxygen atoms in total. The molecule has 0 radical (unpaired) electrons. The lowest BCUT2D eigenvalue weighted by molar-refractivity contribution is 0.0994. The predicted molar refractivity (Wildman–Crippen MR) is 69.7 cm³/mol. The minimum Gasteiger partial charge on any atom is -0.294 e. The zero-order chi connectivity index (χ0) is 11.7. The highest BCUT2D eigenvalue weighted by Gasteiger charge is 2.19. The second kappa shape index (κ2) is 4.38. The van der Waals surface area contributed by atoms with Crippen molar-refractivity contribution in [2.24, 2.45) is 0 Å². The van der Waals surface area contributed by atoms with E-state index in [1.165, 1.54) is 15.4 Å². The molecule has 3 rings (SSSR count). The Kier molecular flexibility index (Phi) is 2.73. The molecule has 0 heterocycles. The van der Waals surface area contributed by atoms with Gasteiger partial charge in [0.05, 0.1) is 0 Å². The minimum atomic E-state index is 0.288. The van der Waals surface area contributed by atoms with E-state index in [0.29, 0.717) is 6.42 Å². The summed E-state index contributed by atoms with van der Waals surface area (Å²) >= 11 is 1.74. The number of fused-ring (bicyclic) bond motifs is 1. The molecule has 0 aliphatic heterocycles. The zero-order valence-electron chi connectivity index (χ0n) is 9.35. The largest absolute Gasteiger partial charge is 0.294 e. The molecule has 0 fully saturated rings. The summed E-state index contributed by atoms with van der Waals surface area (Å²) in [6, 6.07) is 16.5. The van der Waals surface area contributed by atoms with E-state index in [2.05, 4.69) is 18.2 Å². The van der Waals surface area contributed by atoms with Crippen LogP contribution >= 0.6 is 11.8 Å². The fourth-order valence-electron chi connectivity index (χ4n) is 2.12. The molecule has 0 spiro atoms. The van der Waals surface area contributed by atoms with Crippen LogP contribution in [-0.4, -0.2) is 5.78 Å². The fourth-order valence-corrected chi connectivity index (χ4v) is 3.02. The molecule has 0 amide bonds. The highest BCUT2D eigenvalue weighted by Crippen LogP contribution is 2.31. The molecular formula is C15H12OS. The van der Waals surface area contributed by atoms with Gasteiger partial charge in [0, 0.05) is 21.8 Å². The van der Waals surface area contributed by atoms with Gasteiger partial charge in [0.25, 0.3) is 0 Å². The van der Waals surface area contributed by atoms with Crippen molar-refractivity contribution in [1.29, 1.82) is 0 Å². The van der Waals surface area contributed by atoms with Gasteiger partial charge in [0.15, 0.2) is 5.78 Å². The first-order valence-corrected chi connectivity index (χ1v) is 6.53. The van der Waals surface area contributed by atoms with Crippen LogP contribution in [0.4, 0.5) is 0 Å². The van der Waals surface area contributed by atoms with Crippen molar-refractivity contribution < 1.29 is 4.79 Å². The van der Waals surface area contributed by atoms with Gasteiger partial charge in [-0.2, -0.15) is 0 Å². The highest BCUT2D eigenvalue weighted by atomic mass is 32.2. The Morgan fingerprint density at radius 3 is 2.53 bits per heavy atom. The van der Waals surface area contributed by atoms with Crippen LogP contribution in [-0.2, 0) is 6.42 Å². The number of rotatable bonds is 2.